The summed E-state index contributed by atoms with van der Waals surface area (Å²) in [6.07, 6.45) is 7.65. The molecule has 3 N–H and O–H groups in total. The molecule has 1 aliphatic carbocycles. The van der Waals surface area contributed by atoms with Crippen molar-refractivity contribution in [2.75, 3.05) is 27.7 Å². The van der Waals surface area contributed by atoms with Crippen LogP contribution in [-0.2, 0) is 19.7 Å². The molecular formula is C23H33N3O5S. The Balaban J connectivity index is 0.000000520. The van der Waals surface area contributed by atoms with Crippen LogP contribution in [0.3, 0.4) is 0 Å². The van der Waals surface area contributed by atoms with Crippen LogP contribution >= 0.6 is 0 Å². The largest absolute Gasteiger partial charge is 0.502 e. The number of carboxylic acids is 1. The molecular weight excluding hydrogens is 430 g/mol. The third kappa shape index (κ3) is 5.34. The number of hydrogen-bond acceptors (Lipinski definition) is 5. The summed E-state index contributed by atoms with van der Waals surface area (Å²) in [6.45, 7) is 4.45. The Hall–Kier alpha value is -2.78. The molecule has 0 amide bonds. The fourth-order valence-corrected chi connectivity index (χ4v) is 4.83. The maximum Gasteiger partial charge on any atom is 0.313 e. The highest BCUT2D eigenvalue weighted by Crippen LogP contribution is 2.49. The van der Waals surface area contributed by atoms with Crippen molar-refractivity contribution in [2.45, 2.75) is 26.7 Å². The van der Waals surface area contributed by atoms with E-state index in [2.05, 4.69) is 0 Å². The molecule has 1 aromatic rings. The first-order chi connectivity index (χ1) is 14.9. The number of aliphatic carboxylic acids is 1. The molecule has 32 heavy (non-hydrogen) atoms. The Kier molecular flexibility index (Phi) is 8.14. The summed E-state index contributed by atoms with van der Waals surface area (Å²) in [5.41, 5.74) is 7.34. The number of rotatable bonds is 5. The van der Waals surface area contributed by atoms with Crippen molar-refractivity contribution < 1.29 is 23.1 Å². The molecule has 1 unspecified atom stereocenters. The van der Waals surface area contributed by atoms with E-state index in [-0.39, 0.29) is 5.70 Å². The molecule has 0 radical (unpaired) electrons. The monoisotopic (exact) mass is 463 g/mol. The normalized spacial score (nSPS) is 20.1. The van der Waals surface area contributed by atoms with Gasteiger partial charge in [-0.1, -0.05) is 44.2 Å². The first kappa shape index (κ1) is 25.5. The Morgan fingerprint density at radius 3 is 2.22 bits per heavy atom. The standard InChI is InChI=1S/C18H25N3O4S.C5H8O/c1-18(2)15(12-9-7-6-8-10-12)13(19)11-14(16(18)17(22)23)21(5)26(24,25)20(3)4;1-2-4-6-5-3-1/h6-11,16H,19H2,1-5H3,(H,22,23);2,4H,1,3,5H2. The van der Waals surface area contributed by atoms with E-state index in [1.807, 2.05) is 36.4 Å². The summed E-state index contributed by atoms with van der Waals surface area (Å²) in [7, 11) is 0.287. The Morgan fingerprint density at radius 2 is 1.81 bits per heavy atom. The smallest absolute Gasteiger partial charge is 0.313 e. The van der Waals surface area contributed by atoms with E-state index in [9.17, 15) is 18.3 Å². The summed E-state index contributed by atoms with van der Waals surface area (Å²) in [6, 6.07) is 9.29. The molecule has 0 saturated carbocycles. The van der Waals surface area contributed by atoms with E-state index >= 15 is 0 Å². The van der Waals surface area contributed by atoms with E-state index in [1.54, 1.807) is 20.1 Å². The van der Waals surface area contributed by atoms with Crippen LogP contribution in [0.1, 0.15) is 32.3 Å². The van der Waals surface area contributed by atoms with Gasteiger partial charge in [-0.15, -0.1) is 0 Å². The quantitative estimate of drug-likeness (QED) is 0.694. The molecule has 1 aliphatic heterocycles. The lowest BCUT2D eigenvalue weighted by Crippen LogP contribution is -2.46. The molecule has 1 atom stereocenters. The number of nitrogens with two attached hydrogens (primary N) is 1. The number of allylic oxidation sites excluding steroid dienone is 3. The van der Waals surface area contributed by atoms with Crippen molar-refractivity contribution >= 4 is 21.8 Å². The molecule has 3 rings (SSSR count). The minimum atomic E-state index is -3.84. The minimum Gasteiger partial charge on any atom is -0.502 e. The van der Waals surface area contributed by atoms with Crippen molar-refractivity contribution in [2.24, 2.45) is 17.1 Å². The summed E-state index contributed by atoms with van der Waals surface area (Å²) < 4.78 is 32.0. The first-order valence-electron chi connectivity index (χ1n) is 10.4. The highest BCUT2D eigenvalue weighted by molar-refractivity contribution is 7.86. The summed E-state index contributed by atoms with van der Waals surface area (Å²) in [4.78, 5) is 12.1. The van der Waals surface area contributed by atoms with E-state index in [0.717, 1.165) is 20.8 Å². The Bertz CT molecular complexity index is 1000. The molecule has 0 bridgehead atoms. The van der Waals surface area contributed by atoms with Gasteiger partial charge in [0.25, 0.3) is 0 Å². The highest BCUT2D eigenvalue weighted by atomic mass is 32.2. The zero-order valence-electron chi connectivity index (χ0n) is 19.3. The maximum atomic E-state index is 12.5. The predicted octanol–water partition coefficient (Wildman–Crippen LogP) is 3.03. The van der Waals surface area contributed by atoms with Gasteiger partial charge in [0, 0.05) is 38.0 Å². The second kappa shape index (κ2) is 10.2. The number of ether oxygens (including phenoxy) is 1. The molecule has 0 spiro atoms. The molecule has 0 aromatic heterocycles. The van der Waals surface area contributed by atoms with Crippen LogP contribution in [0.4, 0.5) is 0 Å². The molecule has 0 fully saturated rings. The highest BCUT2D eigenvalue weighted by Gasteiger charge is 2.47. The van der Waals surface area contributed by atoms with Gasteiger partial charge in [0.1, 0.15) is 5.92 Å². The van der Waals surface area contributed by atoms with Crippen molar-refractivity contribution in [1.29, 1.82) is 0 Å². The topological polar surface area (TPSA) is 113 Å². The molecule has 8 nitrogen and oxygen atoms in total. The summed E-state index contributed by atoms with van der Waals surface area (Å²) in [5, 5.41) is 9.91. The van der Waals surface area contributed by atoms with Crippen LogP contribution in [0, 0.1) is 11.3 Å². The molecule has 9 heteroatoms. The average Bonchev–Trinajstić information content (AvgIpc) is 2.74. The van der Waals surface area contributed by atoms with Gasteiger partial charge in [-0.25, -0.2) is 0 Å². The number of benzene rings is 1. The van der Waals surface area contributed by atoms with Crippen molar-refractivity contribution in [1.82, 2.24) is 8.61 Å². The van der Waals surface area contributed by atoms with Crippen LogP contribution in [-0.4, -0.2) is 55.9 Å². The lowest BCUT2D eigenvalue weighted by atomic mass is 9.66. The van der Waals surface area contributed by atoms with Gasteiger partial charge in [0.05, 0.1) is 12.9 Å². The summed E-state index contributed by atoms with van der Waals surface area (Å²) in [5.74, 6) is -2.19. The van der Waals surface area contributed by atoms with Gasteiger partial charge in [-0.3, -0.25) is 9.10 Å². The van der Waals surface area contributed by atoms with Crippen LogP contribution in [0.2, 0.25) is 0 Å². The average molecular weight is 464 g/mol. The van der Waals surface area contributed by atoms with Gasteiger partial charge in [-0.05, 0) is 36.1 Å². The van der Waals surface area contributed by atoms with Crippen LogP contribution < -0.4 is 5.73 Å². The second-order valence-corrected chi connectivity index (χ2v) is 10.6. The Labute approximate surface area is 190 Å². The second-order valence-electron chi connectivity index (χ2n) is 8.40. The molecule has 1 heterocycles. The fraction of sp³-hybridized carbons (Fsp3) is 0.435. The SMILES string of the molecule is C1=COCCC1.CN(C)S(=O)(=O)N(C)C1=CC(N)=C(c2ccccc2)C(C)(C)C1C(=O)O. The third-order valence-corrected chi connectivity index (χ3v) is 7.39. The van der Waals surface area contributed by atoms with E-state index in [0.29, 0.717) is 11.3 Å². The molecule has 1 aromatic carbocycles. The van der Waals surface area contributed by atoms with Gasteiger partial charge >= 0.3 is 16.2 Å². The van der Waals surface area contributed by atoms with E-state index in [1.165, 1.54) is 40.1 Å². The lowest BCUT2D eigenvalue weighted by molar-refractivity contribution is -0.143. The molecule has 0 saturated heterocycles. The van der Waals surface area contributed by atoms with Crippen molar-refractivity contribution in [3.63, 3.8) is 0 Å². The van der Waals surface area contributed by atoms with Crippen LogP contribution in [0.5, 0.6) is 0 Å². The number of hydrogen-bond donors (Lipinski definition) is 2. The van der Waals surface area contributed by atoms with Crippen LogP contribution in [0.25, 0.3) is 5.57 Å². The van der Waals surface area contributed by atoms with Crippen molar-refractivity contribution in [3.05, 3.63) is 65.7 Å². The molecule has 176 valence electrons. The maximum absolute atomic E-state index is 12.5. The zero-order chi connectivity index (χ0) is 24.1. The summed E-state index contributed by atoms with van der Waals surface area (Å²) >= 11 is 0. The Morgan fingerprint density at radius 1 is 1.19 bits per heavy atom. The first-order valence-corrected chi connectivity index (χ1v) is 11.7. The van der Waals surface area contributed by atoms with E-state index in [4.69, 9.17) is 10.5 Å². The molecule has 2 aliphatic rings. The van der Waals surface area contributed by atoms with Gasteiger partial charge in [0.15, 0.2) is 0 Å². The van der Waals surface area contributed by atoms with E-state index < -0.39 is 27.5 Å². The zero-order valence-corrected chi connectivity index (χ0v) is 20.1. The minimum absolute atomic E-state index is 0.133. The number of carbonyl (C=O) groups is 1. The van der Waals surface area contributed by atoms with Gasteiger partial charge in [0.2, 0.25) is 0 Å². The number of carboxylic acid groups (broad SMARTS) is 1. The van der Waals surface area contributed by atoms with Crippen molar-refractivity contribution in [3.8, 4) is 0 Å². The van der Waals surface area contributed by atoms with Crippen LogP contribution in [0.15, 0.2) is 60.1 Å². The lowest BCUT2D eigenvalue weighted by Gasteiger charge is -2.42. The predicted molar refractivity (Wildman–Crippen MR) is 125 cm³/mol. The van der Waals surface area contributed by atoms with Gasteiger partial charge in [-0.2, -0.15) is 12.7 Å². The number of nitrogens with zero attached hydrogens (tertiary/aromatic N) is 2. The fourth-order valence-electron chi connectivity index (χ4n) is 3.92. The van der Waals surface area contributed by atoms with Gasteiger partial charge < -0.3 is 15.6 Å². The third-order valence-electron chi connectivity index (χ3n) is 5.56.